The van der Waals surface area contributed by atoms with Crippen LogP contribution in [0.5, 0.6) is 0 Å². The first-order valence-corrected chi connectivity index (χ1v) is 2.74. The molecule has 0 aliphatic carbocycles. The third-order valence-electron chi connectivity index (χ3n) is 0.677. The minimum Gasteiger partial charge on any atom is -0.317 e. The van der Waals surface area contributed by atoms with Crippen molar-refractivity contribution in [3.05, 3.63) is 0 Å². The second-order valence-corrected chi connectivity index (χ2v) is 2.28. The second kappa shape index (κ2) is 1.82. The van der Waals surface area contributed by atoms with E-state index in [1.165, 1.54) is 12.0 Å². The van der Waals surface area contributed by atoms with E-state index in [4.69, 9.17) is 9.92 Å². The van der Waals surface area contributed by atoms with Gasteiger partial charge in [-0.05, 0) is 6.42 Å². The van der Waals surface area contributed by atoms with Crippen LogP contribution in [0.4, 0.5) is 0 Å². The van der Waals surface area contributed by atoms with Gasteiger partial charge in [-0.1, -0.05) is 0 Å². The topological polar surface area (TPSA) is 35.2 Å². The fraction of sp³-hybridized carbons (Fsp3) is 1.00. The zero-order valence-corrected chi connectivity index (χ0v) is 4.20. The van der Waals surface area contributed by atoms with E-state index in [9.17, 15) is 0 Å². The predicted octanol–water partition coefficient (Wildman–Crippen LogP) is 0.340. The van der Waals surface area contributed by atoms with E-state index in [0.29, 0.717) is 0 Å². The third-order valence-corrected chi connectivity index (χ3v) is 1.46. The smallest absolute Gasteiger partial charge is 0.0796 e. The fourth-order valence-electron chi connectivity index (χ4n) is 0.348. The summed E-state index contributed by atoms with van der Waals surface area (Å²) < 4.78 is 4.85. The van der Waals surface area contributed by atoms with E-state index in [1.54, 1.807) is 0 Å². The summed E-state index contributed by atoms with van der Waals surface area (Å²) >= 11 is 1.37. The third kappa shape index (κ3) is 0.864. The molecule has 1 heterocycles. The standard InChI is InChI=1S/C3H7NOS/c4-3-1-2-5-6-3/h3H,1-2,4H2. The van der Waals surface area contributed by atoms with Crippen molar-refractivity contribution in [2.45, 2.75) is 11.8 Å². The van der Waals surface area contributed by atoms with Crippen molar-refractivity contribution < 1.29 is 4.18 Å². The van der Waals surface area contributed by atoms with E-state index < -0.39 is 0 Å². The molecule has 3 heteroatoms. The molecule has 36 valence electrons. The lowest BCUT2D eigenvalue weighted by atomic mass is 10.5. The summed E-state index contributed by atoms with van der Waals surface area (Å²) in [4.78, 5) is 0. The Morgan fingerprint density at radius 2 is 2.67 bits per heavy atom. The molecule has 0 aromatic carbocycles. The van der Waals surface area contributed by atoms with Gasteiger partial charge in [0.25, 0.3) is 0 Å². The quantitative estimate of drug-likeness (QED) is 0.451. The number of rotatable bonds is 0. The van der Waals surface area contributed by atoms with Crippen LogP contribution in [0.15, 0.2) is 0 Å². The van der Waals surface area contributed by atoms with Crippen LogP contribution >= 0.6 is 12.0 Å². The van der Waals surface area contributed by atoms with Crippen LogP contribution in [0.1, 0.15) is 6.42 Å². The van der Waals surface area contributed by atoms with Crippen molar-refractivity contribution in [2.24, 2.45) is 5.73 Å². The van der Waals surface area contributed by atoms with Crippen molar-refractivity contribution in [1.29, 1.82) is 0 Å². The van der Waals surface area contributed by atoms with Crippen LogP contribution in [0.3, 0.4) is 0 Å². The Kier molecular flexibility index (Phi) is 1.34. The number of nitrogens with two attached hydrogens (primary N) is 1. The molecule has 1 atom stereocenters. The minimum absolute atomic E-state index is 0.241. The van der Waals surface area contributed by atoms with Gasteiger partial charge in [0.05, 0.1) is 12.0 Å². The normalized spacial score (nSPS) is 34.5. The van der Waals surface area contributed by atoms with Gasteiger partial charge in [-0.3, -0.25) is 0 Å². The molecule has 1 aliphatic heterocycles. The van der Waals surface area contributed by atoms with Gasteiger partial charge in [0.2, 0.25) is 0 Å². The molecule has 1 rings (SSSR count). The molecule has 0 aromatic heterocycles. The van der Waals surface area contributed by atoms with Crippen molar-refractivity contribution in [1.82, 2.24) is 0 Å². The van der Waals surface area contributed by atoms with E-state index in [1.807, 2.05) is 0 Å². The molecule has 1 fully saturated rings. The lowest BCUT2D eigenvalue weighted by Gasteiger charge is -1.88. The summed E-state index contributed by atoms with van der Waals surface area (Å²) in [7, 11) is 0. The Morgan fingerprint density at radius 3 is 2.83 bits per heavy atom. The highest BCUT2D eigenvalue weighted by Crippen LogP contribution is 2.18. The zero-order chi connectivity index (χ0) is 4.41. The summed E-state index contributed by atoms with van der Waals surface area (Å²) in [6.07, 6.45) is 1.00. The molecular formula is C3H7NOS. The van der Waals surface area contributed by atoms with Gasteiger partial charge < -0.3 is 9.92 Å². The van der Waals surface area contributed by atoms with E-state index >= 15 is 0 Å². The highest BCUT2D eigenvalue weighted by molar-refractivity contribution is 7.95. The average molecular weight is 105 g/mol. The largest absolute Gasteiger partial charge is 0.317 e. The highest BCUT2D eigenvalue weighted by Gasteiger charge is 2.09. The van der Waals surface area contributed by atoms with E-state index in [2.05, 4.69) is 0 Å². The molecule has 0 spiro atoms. The van der Waals surface area contributed by atoms with Crippen LogP contribution in [0.2, 0.25) is 0 Å². The maximum Gasteiger partial charge on any atom is 0.0796 e. The zero-order valence-electron chi connectivity index (χ0n) is 3.39. The fourth-order valence-corrected chi connectivity index (χ4v) is 0.908. The minimum atomic E-state index is 0.241. The van der Waals surface area contributed by atoms with Gasteiger partial charge in [-0.2, -0.15) is 0 Å². The molecule has 1 aliphatic rings. The highest BCUT2D eigenvalue weighted by atomic mass is 32.2. The first kappa shape index (κ1) is 4.43. The molecule has 2 N–H and O–H groups in total. The molecule has 0 aromatic rings. The van der Waals surface area contributed by atoms with Crippen molar-refractivity contribution >= 4 is 12.0 Å². The molecule has 0 saturated carbocycles. The maximum atomic E-state index is 5.37. The molecule has 6 heavy (non-hydrogen) atoms. The number of hydrogen-bond acceptors (Lipinski definition) is 3. The first-order chi connectivity index (χ1) is 2.89. The van der Waals surface area contributed by atoms with Crippen LogP contribution in [0.25, 0.3) is 0 Å². The molecule has 0 radical (unpaired) electrons. The van der Waals surface area contributed by atoms with E-state index in [-0.39, 0.29) is 5.37 Å². The van der Waals surface area contributed by atoms with Crippen molar-refractivity contribution in [2.75, 3.05) is 6.61 Å². The predicted molar refractivity (Wildman–Crippen MR) is 26.1 cm³/mol. The lowest BCUT2D eigenvalue weighted by molar-refractivity contribution is 0.401. The molecular weight excluding hydrogens is 98.1 g/mol. The van der Waals surface area contributed by atoms with Gasteiger partial charge >= 0.3 is 0 Å². The molecule has 0 bridgehead atoms. The van der Waals surface area contributed by atoms with Gasteiger partial charge in [0, 0.05) is 12.0 Å². The maximum absolute atomic E-state index is 5.37. The van der Waals surface area contributed by atoms with Crippen LogP contribution in [0, 0.1) is 0 Å². The Labute approximate surface area is 41.2 Å². The Morgan fingerprint density at radius 1 is 1.83 bits per heavy atom. The van der Waals surface area contributed by atoms with Gasteiger partial charge in [-0.25, -0.2) is 0 Å². The molecule has 1 unspecified atom stereocenters. The van der Waals surface area contributed by atoms with Gasteiger partial charge in [0.15, 0.2) is 0 Å². The van der Waals surface area contributed by atoms with Crippen LogP contribution < -0.4 is 5.73 Å². The van der Waals surface area contributed by atoms with Crippen molar-refractivity contribution in [3.63, 3.8) is 0 Å². The Bertz CT molecular complexity index is 44.1. The van der Waals surface area contributed by atoms with E-state index in [0.717, 1.165) is 13.0 Å². The van der Waals surface area contributed by atoms with Gasteiger partial charge in [0.1, 0.15) is 0 Å². The molecule has 1 saturated heterocycles. The summed E-state index contributed by atoms with van der Waals surface area (Å²) in [5, 5.41) is 0.241. The lowest BCUT2D eigenvalue weighted by Crippen LogP contribution is -2.09. The first-order valence-electron chi connectivity index (χ1n) is 1.93. The SMILES string of the molecule is NC1CCOS1. The molecule has 0 amide bonds. The van der Waals surface area contributed by atoms with Crippen LogP contribution in [-0.4, -0.2) is 12.0 Å². The summed E-state index contributed by atoms with van der Waals surface area (Å²) in [6.45, 7) is 0.825. The summed E-state index contributed by atoms with van der Waals surface area (Å²) in [5.74, 6) is 0. The van der Waals surface area contributed by atoms with Crippen LogP contribution in [-0.2, 0) is 4.18 Å². The Balaban J connectivity index is 2.18. The summed E-state index contributed by atoms with van der Waals surface area (Å²) in [6, 6.07) is 0. The average Bonchev–Trinajstić information content (AvgIpc) is 1.86. The monoisotopic (exact) mass is 105 g/mol. The van der Waals surface area contributed by atoms with Crippen molar-refractivity contribution in [3.8, 4) is 0 Å². The van der Waals surface area contributed by atoms with Gasteiger partial charge in [-0.15, -0.1) is 0 Å². The Hall–Kier alpha value is 0.270. The second-order valence-electron chi connectivity index (χ2n) is 1.25. The number of hydrogen-bond donors (Lipinski definition) is 1. The summed E-state index contributed by atoms with van der Waals surface area (Å²) in [5.41, 5.74) is 5.37. The molecule has 2 nitrogen and oxygen atoms in total.